The van der Waals surface area contributed by atoms with E-state index in [1.54, 1.807) is 6.07 Å². The van der Waals surface area contributed by atoms with Gasteiger partial charge in [0.05, 0.1) is 37.6 Å². The molecular weight excluding hydrogens is 544 g/mol. The molecule has 0 unspecified atom stereocenters. The summed E-state index contributed by atoms with van der Waals surface area (Å²) in [5.74, 6) is 0. The van der Waals surface area contributed by atoms with Gasteiger partial charge in [0, 0.05) is 31.9 Å². The fourth-order valence-corrected chi connectivity index (χ4v) is 5.50. The zero-order valence-corrected chi connectivity index (χ0v) is 21.0. The van der Waals surface area contributed by atoms with Crippen LogP contribution in [0.4, 0.5) is 24.5 Å². The van der Waals surface area contributed by atoms with Crippen molar-refractivity contribution >= 4 is 45.7 Å². The monoisotopic (exact) mass is 569 g/mol. The molecule has 2 nitrogen and oxygen atoms in total. The van der Waals surface area contributed by atoms with E-state index in [4.69, 9.17) is 0 Å². The van der Waals surface area contributed by atoms with E-state index in [-0.39, 0.29) is 0 Å². The number of hydrogen-bond acceptors (Lipinski definition) is 2. The van der Waals surface area contributed by atoms with Crippen LogP contribution in [0.1, 0.15) is 17.5 Å². The quantitative estimate of drug-likeness (QED) is 0.223. The van der Waals surface area contributed by atoms with Crippen molar-refractivity contribution in [1.82, 2.24) is 0 Å². The molecule has 1 aliphatic heterocycles. The number of quaternary nitrogens is 1. The van der Waals surface area contributed by atoms with Crippen LogP contribution in [0.3, 0.4) is 0 Å². The first-order valence-electron chi connectivity index (χ1n) is 10.4. The SMILES string of the molecule is C[N+](C)(CCCN1c2ccccc2Sc2ccc(C(F)(F)F)cc21)Cc1ccc(I)cc1. The smallest absolute Gasteiger partial charge is 0.339 e. The van der Waals surface area contributed by atoms with E-state index in [2.05, 4.69) is 65.9 Å². The molecule has 4 rings (SSSR count). The van der Waals surface area contributed by atoms with E-state index < -0.39 is 11.7 Å². The Hall–Kier alpha value is -1.71. The predicted octanol–water partition coefficient (Wildman–Crippen LogP) is 7.58. The highest BCUT2D eigenvalue weighted by atomic mass is 127. The molecule has 0 spiro atoms. The molecule has 0 atom stereocenters. The van der Waals surface area contributed by atoms with Crippen molar-refractivity contribution < 1.29 is 17.7 Å². The van der Waals surface area contributed by atoms with Crippen molar-refractivity contribution in [2.75, 3.05) is 32.1 Å². The number of alkyl halides is 3. The Bertz CT molecular complexity index is 1100. The van der Waals surface area contributed by atoms with Gasteiger partial charge in [-0.3, -0.25) is 0 Å². The average molecular weight is 569 g/mol. The largest absolute Gasteiger partial charge is 0.416 e. The average Bonchev–Trinajstić information content (AvgIpc) is 2.73. The molecule has 0 amide bonds. The van der Waals surface area contributed by atoms with E-state index in [1.165, 1.54) is 33.0 Å². The van der Waals surface area contributed by atoms with Gasteiger partial charge in [-0.05, 0) is 65.1 Å². The summed E-state index contributed by atoms with van der Waals surface area (Å²) in [6.45, 7) is 2.50. The molecule has 0 radical (unpaired) electrons. The Kier molecular flexibility index (Phi) is 6.79. The normalized spacial score (nSPS) is 13.6. The third-order valence-corrected chi connectivity index (χ3v) is 7.47. The second kappa shape index (κ2) is 9.27. The zero-order chi connectivity index (χ0) is 22.9. The van der Waals surface area contributed by atoms with E-state index in [0.717, 1.165) is 39.5 Å². The summed E-state index contributed by atoms with van der Waals surface area (Å²) < 4.78 is 42.2. The number of hydrogen-bond donors (Lipinski definition) is 0. The van der Waals surface area contributed by atoms with Gasteiger partial charge in [0.2, 0.25) is 0 Å². The standard InChI is InChI=1S/C25H25F3IN2S/c1-31(2,17-18-8-11-20(29)12-9-18)15-5-14-30-21-6-3-4-7-23(21)32-24-13-10-19(16-22(24)30)25(26,27)28/h3-4,6-13,16H,5,14-15,17H2,1-2H3/q+1. The van der Waals surface area contributed by atoms with Gasteiger partial charge in [0.1, 0.15) is 6.54 Å². The highest BCUT2D eigenvalue weighted by Crippen LogP contribution is 2.49. The maximum atomic E-state index is 13.4. The summed E-state index contributed by atoms with van der Waals surface area (Å²) in [6.07, 6.45) is -3.49. The molecule has 0 N–H and O–H groups in total. The summed E-state index contributed by atoms with van der Waals surface area (Å²) in [6, 6.07) is 20.6. The summed E-state index contributed by atoms with van der Waals surface area (Å²) in [7, 11) is 4.40. The number of para-hydroxylation sites is 1. The third kappa shape index (κ3) is 5.43. The molecule has 0 fully saturated rings. The molecule has 0 saturated carbocycles. The number of fused-ring (bicyclic) bond motifs is 2. The van der Waals surface area contributed by atoms with Crippen LogP contribution in [0.25, 0.3) is 0 Å². The molecule has 7 heteroatoms. The lowest BCUT2D eigenvalue weighted by atomic mass is 10.1. The Morgan fingerprint density at radius 3 is 2.31 bits per heavy atom. The van der Waals surface area contributed by atoms with Crippen LogP contribution < -0.4 is 4.90 Å². The predicted molar refractivity (Wildman–Crippen MR) is 133 cm³/mol. The highest BCUT2D eigenvalue weighted by molar-refractivity contribution is 14.1. The Morgan fingerprint density at radius 2 is 1.59 bits per heavy atom. The van der Waals surface area contributed by atoms with Crippen LogP contribution in [-0.4, -0.2) is 31.7 Å². The topological polar surface area (TPSA) is 3.24 Å². The first-order chi connectivity index (χ1) is 15.1. The maximum absolute atomic E-state index is 13.4. The minimum absolute atomic E-state index is 0.601. The highest BCUT2D eigenvalue weighted by Gasteiger charge is 2.33. The van der Waals surface area contributed by atoms with Gasteiger partial charge in [-0.2, -0.15) is 13.2 Å². The molecule has 0 saturated heterocycles. The summed E-state index contributed by atoms with van der Waals surface area (Å²) in [5, 5.41) is 0. The molecular formula is C25H25F3IN2S+. The van der Waals surface area contributed by atoms with Crippen LogP contribution >= 0.6 is 34.4 Å². The lowest BCUT2D eigenvalue weighted by Gasteiger charge is -2.35. The molecule has 3 aromatic carbocycles. The molecule has 168 valence electrons. The minimum Gasteiger partial charge on any atom is -0.339 e. The van der Waals surface area contributed by atoms with Gasteiger partial charge in [-0.1, -0.05) is 36.0 Å². The van der Waals surface area contributed by atoms with Crippen molar-refractivity contribution in [2.24, 2.45) is 0 Å². The summed E-state index contributed by atoms with van der Waals surface area (Å²) >= 11 is 3.84. The van der Waals surface area contributed by atoms with E-state index in [1.807, 2.05) is 24.3 Å². The Labute approximate surface area is 205 Å². The second-order valence-corrected chi connectivity index (χ2v) is 11.0. The number of nitrogens with zero attached hydrogens (tertiary/aromatic N) is 2. The van der Waals surface area contributed by atoms with E-state index in [9.17, 15) is 13.2 Å². The van der Waals surface area contributed by atoms with Crippen molar-refractivity contribution in [3.63, 3.8) is 0 Å². The summed E-state index contributed by atoms with van der Waals surface area (Å²) in [5.41, 5.74) is 2.31. The van der Waals surface area contributed by atoms with E-state index >= 15 is 0 Å². The summed E-state index contributed by atoms with van der Waals surface area (Å²) in [4.78, 5) is 4.00. The van der Waals surface area contributed by atoms with Gasteiger partial charge in [0.25, 0.3) is 0 Å². The van der Waals surface area contributed by atoms with Gasteiger partial charge in [-0.15, -0.1) is 0 Å². The van der Waals surface area contributed by atoms with Crippen LogP contribution in [0.2, 0.25) is 0 Å². The van der Waals surface area contributed by atoms with Gasteiger partial charge >= 0.3 is 6.18 Å². The maximum Gasteiger partial charge on any atom is 0.416 e. The fourth-order valence-electron chi connectivity index (χ4n) is 4.07. The van der Waals surface area contributed by atoms with Crippen LogP contribution in [0, 0.1) is 3.57 Å². The lowest BCUT2D eigenvalue weighted by molar-refractivity contribution is -0.903. The van der Waals surface area contributed by atoms with Crippen molar-refractivity contribution in [3.05, 3.63) is 81.4 Å². The number of anilines is 2. The first-order valence-corrected chi connectivity index (χ1v) is 12.3. The second-order valence-electron chi connectivity index (χ2n) is 8.70. The van der Waals surface area contributed by atoms with Crippen molar-refractivity contribution in [2.45, 2.75) is 28.9 Å². The molecule has 1 heterocycles. The Morgan fingerprint density at radius 1 is 0.906 bits per heavy atom. The third-order valence-electron chi connectivity index (χ3n) is 5.62. The number of halogens is 4. The molecule has 0 bridgehead atoms. The zero-order valence-electron chi connectivity index (χ0n) is 18.0. The van der Waals surface area contributed by atoms with Crippen LogP contribution in [0.5, 0.6) is 0 Å². The van der Waals surface area contributed by atoms with E-state index in [0.29, 0.717) is 12.2 Å². The first kappa shape index (κ1) is 23.4. The molecule has 0 aliphatic carbocycles. The van der Waals surface area contributed by atoms with Crippen molar-refractivity contribution in [1.29, 1.82) is 0 Å². The van der Waals surface area contributed by atoms with Gasteiger partial charge in [0.15, 0.2) is 0 Å². The van der Waals surface area contributed by atoms with Crippen LogP contribution in [0.15, 0.2) is 76.5 Å². The molecule has 1 aliphatic rings. The molecule has 3 aromatic rings. The molecule has 0 aromatic heterocycles. The minimum atomic E-state index is -4.35. The van der Waals surface area contributed by atoms with Gasteiger partial charge < -0.3 is 9.38 Å². The van der Waals surface area contributed by atoms with Crippen LogP contribution in [-0.2, 0) is 12.7 Å². The fraction of sp³-hybridized carbons (Fsp3) is 0.280. The number of benzene rings is 3. The Balaban J connectivity index is 1.53. The molecule has 32 heavy (non-hydrogen) atoms. The number of rotatable bonds is 6. The van der Waals surface area contributed by atoms with Crippen molar-refractivity contribution in [3.8, 4) is 0 Å². The lowest BCUT2D eigenvalue weighted by Crippen LogP contribution is -2.40. The van der Waals surface area contributed by atoms with Gasteiger partial charge in [-0.25, -0.2) is 0 Å².